The van der Waals surface area contributed by atoms with Crippen molar-refractivity contribution < 1.29 is 9.47 Å². The zero-order chi connectivity index (χ0) is 19.8. The van der Waals surface area contributed by atoms with Gasteiger partial charge < -0.3 is 19.4 Å². The lowest BCUT2D eigenvalue weighted by atomic mass is 10.1. The molecule has 0 aliphatic heterocycles. The van der Waals surface area contributed by atoms with E-state index in [0.717, 1.165) is 37.2 Å². The van der Waals surface area contributed by atoms with E-state index in [2.05, 4.69) is 46.1 Å². The van der Waals surface area contributed by atoms with Crippen LogP contribution in [0.4, 0.5) is 0 Å². The van der Waals surface area contributed by atoms with Crippen molar-refractivity contribution in [3.8, 4) is 11.5 Å². The van der Waals surface area contributed by atoms with Gasteiger partial charge in [0.15, 0.2) is 11.5 Å². The van der Waals surface area contributed by atoms with Crippen molar-refractivity contribution in [3.05, 3.63) is 76.8 Å². The summed E-state index contributed by atoms with van der Waals surface area (Å²) in [6, 6.07) is 12.1. The van der Waals surface area contributed by atoms with Crippen LogP contribution in [0.2, 0.25) is 5.02 Å². The Morgan fingerprint density at radius 1 is 1.14 bits per heavy atom. The Morgan fingerprint density at radius 3 is 2.62 bits per heavy atom. The first-order valence-corrected chi connectivity index (χ1v) is 9.74. The number of rotatable bonds is 10. The molecule has 3 aromatic rings. The summed E-state index contributed by atoms with van der Waals surface area (Å²) in [5.74, 6) is 1.23. The average Bonchev–Trinajstić information content (AvgIpc) is 3.21. The fraction of sp³-hybridized carbons (Fsp3) is 0.318. The van der Waals surface area contributed by atoms with Gasteiger partial charge in [0.05, 0.1) is 18.5 Å². The summed E-state index contributed by atoms with van der Waals surface area (Å²) in [4.78, 5) is 4.05. The highest BCUT2D eigenvalue weighted by atomic mass is 35.5. The van der Waals surface area contributed by atoms with Gasteiger partial charge in [-0.15, -0.1) is 12.4 Å². The van der Waals surface area contributed by atoms with E-state index in [1.165, 1.54) is 5.56 Å². The standard InChI is InChI=1S/C22H26ClN3O2.ClH/c1-17-4-6-18(7-5-17)15-28-22-20(23)12-19(13-21(22)27-2)14-24-8-3-10-26-11-9-25-16-26;/h4-7,9,11-13,16,24H,3,8,10,14-15H2,1-2H3;1H. The molecule has 0 aliphatic rings. The number of nitrogens with one attached hydrogen (secondary N) is 1. The van der Waals surface area contributed by atoms with E-state index >= 15 is 0 Å². The molecule has 0 saturated carbocycles. The molecule has 7 heteroatoms. The highest BCUT2D eigenvalue weighted by molar-refractivity contribution is 6.32. The largest absolute Gasteiger partial charge is 0.493 e. The Morgan fingerprint density at radius 2 is 1.93 bits per heavy atom. The fourth-order valence-corrected chi connectivity index (χ4v) is 3.18. The van der Waals surface area contributed by atoms with Crippen LogP contribution in [0.3, 0.4) is 0 Å². The van der Waals surface area contributed by atoms with Gasteiger partial charge in [0.25, 0.3) is 0 Å². The van der Waals surface area contributed by atoms with E-state index in [9.17, 15) is 0 Å². The number of aromatic nitrogens is 2. The second kappa shape index (κ2) is 11.7. The molecule has 0 unspecified atom stereocenters. The first-order valence-electron chi connectivity index (χ1n) is 9.37. The van der Waals surface area contributed by atoms with Crippen LogP contribution in [-0.4, -0.2) is 23.2 Å². The zero-order valence-electron chi connectivity index (χ0n) is 16.7. The molecule has 156 valence electrons. The number of halogens is 2. The molecule has 0 aliphatic carbocycles. The SMILES string of the molecule is COc1cc(CNCCCn2ccnc2)cc(Cl)c1OCc1ccc(C)cc1.Cl. The number of methoxy groups -OCH3 is 1. The summed E-state index contributed by atoms with van der Waals surface area (Å²) in [5, 5.41) is 3.99. The predicted octanol–water partition coefficient (Wildman–Crippen LogP) is 5.03. The molecular weight excluding hydrogens is 409 g/mol. The van der Waals surface area contributed by atoms with Crippen LogP contribution in [0.25, 0.3) is 0 Å². The molecule has 0 saturated heterocycles. The number of ether oxygens (including phenoxy) is 2. The van der Waals surface area contributed by atoms with Gasteiger partial charge in [-0.25, -0.2) is 4.98 Å². The fourth-order valence-electron chi connectivity index (χ4n) is 2.89. The lowest BCUT2D eigenvalue weighted by Crippen LogP contribution is -2.16. The molecule has 1 aromatic heterocycles. The van der Waals surface area contributed by atoms with Gasteiger partial charge in [-0.05, 0) is 43.1 Å². The quantitative estimate of drug-likeness (QED) is 0.453. The highest BCUT2D eigenvalue weighted by Crippen LogP contribution is 2.37. The molecule has 2 aromatic carbocycles. The van der Waals surface area contributed by atoms with Crippen LogP contribution in [0.5, 0.6) is 11.5 Å². The first kappa shape index (κ1) is 23.1. The number of benzene rings is 2. The highest BCUT2D eigenvalue weighted by Gasteiger charge is 2.12. The molecule has 0 amide bonds. The van der Waals surface area contributed by atoms with E-state index < -0.39 is 0 Å². The Labute approximate surface area is 183 Å². The maximum absolute atomic E-state index is 6.47. The van der Waals surface area contributed by atoms with Crippen molar-refractivity contribution in [1.29, 1.82) is 0 Å². The number of hydrogen-bond acceptors (Lipinski definition) is 4. The molecule has 0 radical (unpaired) electrons. The molecule has 29 heavy (non-hydrogen) atoms. The Bertz CT molecular complexity index is 869. The monoisotopic (exact) mass is 435 g/mol. The minimum atomic E-state index is 0. The van der Waals surface area contributed by atoms with Crippen LogP contribution in [0.15, 0.2) is 55.1 Å². The number of hydrogen-bond donors (Lipinski definition) is 1. The van der Waals surface area contributed by atoms with E-state index in [-0.39, 0.29) is 12.4 Å². The summed E-state index contributed by atoms with van der Waals surface area (Å²) >= 11 is 6.47. The second-order valence-electron chi connectivity index (χ2n) is 6.71. The molecule has 0 bridgehead atoms. The van der Waals surface area contributed by atoms with E-state index in [1.54, 1.807) is 13.3 Å². The zero-order valence-corrected chi connectivity index (χ0v) is 18.3. The van der Waals surface area contributed by atoms with Crippen LogP contribution < -0.4 is 14.8 Å². The maximum Gasteiger partial charge on any atom is 0.180 e. The first-order chi connectivity index (χ1) is 13.7. The number of aryl methyl sites for hydroxylation is 2. The topological polar surface area (TPSA) is 48.3 Å². The lowest BCUT2D eigenvalue weighted by Gasteiger charge is -2.15. The summed E-state index contributed by atoms with van der Waals surface area (Å²) in [6.07, 6.45) is 6.63. The van der Waals surface area contributed by atoms with Gasteiger partial charge in [0, 0.05) is 25.5 Å². The molecule has 0 atom stereocenters. The van der Waals surface area contributed by atoms with Gasteiger partial charge in [0.2, 0.25) is 0 Å². The van der Waals surface area contributed by atoms with Crippen molar-refractivity contribution >= 4 is 24.0 Å². The van der Waals surface area contributed by atoms with Crippen LogP contribution in [0.1, 0.15) is 23.1 Å². The van der Waals surface area contributed by atoms with Gasteiger partial charge in [-0.1, -0.05) is 41.4 Å². The summed E-state index contributed by atoms with van der Waals surface area (Å²) in [6.45, 7) is 5.09. The summed E-state index contributed by atoms with van der Waals surface area (Å²) in [5.41, 5.74) is 3.38. The van der Waals surface area contributed by atoms with Crippen molar-refractivity contribution in [1.82, 2.24) is 14.9 Å². The smallest absolute Gasteiger partial charge is 0.180 e. The molecule has 1 N–H and O–H groups in total. The minimum Gasteiger partial charge on any atom is -0.493 e. The van der Waals surface area contributed by atoms with Crippen LogP contribution in [-0.2, 0) is 19.7 Å². The van der Waals surface area contributed by atoms with Crippen molar-refractivity contribution in [3.63, 3.8) is 0 Å². The summed E-state index contributed by atoms with van der Waals surface area (Å²) in [7, 11) is 1.63. The van der Waals surface area contributed by atoms with Gasteiger partial charge in [0.1, 0.15) is 6.61 Å². The lowest BCUT2D eigenvalue weighted by molar-refractivity contribution is 0.284. The predicted molar refractivity (Wildman–Crippen MR) is 119 cm³/mol. The third-order valence-electron chi connectivity index (χ3n) is 4.45. The minimum absolute atomic E-state index is 0. The number of nitrogens with zero attached hydrogens (tertiary/aromatic N) is 2. The third-order valence-corrected chi connectivity index (χ3v) is 4.73. The van der Waals surface area contributed by atoms with E-state index in [1.807, 2.05) is 24.7 Å². The molecule has 0 fully saturated rings. The van der Waals surface area contributed by atoms with Crippen LogP contribution in [0, 0.1) is 6.92 Å². The maximum atomic E-state index is 6.47. The Balaban J connectivity index is 0.00000300. The number of imidazole rings is 1. The third kappa shape index (κ3) is 6.96. The van der Waals surface area contributed by atoms with Gasteiger partial charge in [-0.3, -0.25) is 0 Å². The van der Waals surface area contributed by atoms with Crippen molar-refractivity contribution in [2.75, 3.05) is 13.7 Å². The van der Waals surface area contributed by atoms with Crippen molar-refractivity contribution in [2.45, 2.75) is 33.0 Å². The Kier molecular flexibility index (Phi) is 9.32. The van der Waals surface area contributed by atoms with Gasteiger partial charge >= 0.3 is 0 Å². The van der Waals surface area contributed by atoms with Gasteiger partial charge in [-0.2, -0.15) is 0 Å². The Hall–Kier alpha value is -2.21. The van der Waals surface area contributed by atoms with E-state index in [0.29, 0.717) is 23.1 Å². The summed E-state index contributed by atoms with van der Waals surface area (Å²) < 4.78 is 13.5. The van der Waals surface area contributed by atoms with Crippen molar-refractivity contribution in [2.24, 2.45) is 0 Å². The molecular formula is C22H27Cl2N3O2. The molecule has 1 heterocycles. The average molecular weight is 436 g/mol. The molecule has 5 nitrogen and oxygen atoms in total. The molecule has 3 rings (SSSR count). The van der Waals surface area contributed by atoms with E-state index in [4.69, 9.17) is 21.1 Å². The van der Waals surface area contributed by atoms with Crippen LogP contribution >= 0.6 is 24.0 Å². The second-order valence-corrected chi connectivity index (χ2v) is 7.12. The normalized spacial score (nSPS) is 10.4. The molecule has 0 spiro atoms.